The van der Waals surface area contributed by atoms with Crippen LogP contribution in [0.5, 0.6) is 0 Å². The summed E-state index contributed by atoms with van der Waals surface area (Å²) in [4.78, 5) is 40.1. The third-order valence-corrected chi connectivity index (χ3v) is 4.53. The smallest absolute Gasteiger partial charge is 0.353 e. The molecule has 0 spiro atoms. The van der Waals surface area contributed by atoms with Crippen molar-refractivity contribution in [2.45, 2.75) is 45.6 Å². The number of nitriles is 1. The number of nitrogens with two attached hydrogens (primary N) is 2. The quantitative estimate of drug-likeness (QED) is 0.460. The molecular formula is C19H25N5O7. The van der Waals surface area contributed by atoms with Gasteiger partial charge in [-0.25, -0.2) is 14.2 Å². The van der Waals surface area contributed by atoms with Crippen molar-refractivity contribution in [1.82, 2.24) is 9.55 Å². The fraction of sp³-hybridized carbons (Fsp3) is 0.526. The van der Waals surface area contributed by atoms with Crippen molar-refractivity contribution in [3.05, 3.63) is 34.3 Å². The van der Waals surface area contributed by atoms with E-state index in [-0.39, 0.29) is 17.5 Å². The van der Waals surface area contributed by atoms with Gasteiger partial charge in [0.2, 0.25) is 0 Å². The van der Waals surface area contributed by atoms with Gasteiger partial charge in [-0.2, -0.15) is 10.2 Å². The molecule has 2 heterocycles. The van der Waals surface area contributed by atoms with Gasteiger partial charge in [0.1, 0.15) is 17.9 Å². The number of nitrogen functional groups attached to an aromatic ring is 1. The van der Waals surface area contributed by atoms with Crippen molar-refractivity contribution in [3.8, 4) is 6.07 Å². The molecule has 168 valence electrons. The van der Waals surface area contributed by atoms with Gasteiger partial charge >= 0.3 is 23.4 Å². The zero-order chi connectivity index (χ0) is 23.5. The maximum absolute atomic E-state index is 12.4. The highest BCUT2D eigenvalue weighted by Crippen LogP contribution is 2.38. The summed E-state index contributed by atoms with van der Waals surface area (Å²) in [6, 6.07) is 1.88. The van der Waals surface area contributed by atoms with E-state index < -0.39 is 53.8 Å². The molecule has 1 aliphatic rings. The number of hydrogen-bond acceptors (Lipinski definition) is 11. The Labute approximate surface area is 178 Å². The molecule has 31 heavy (non-hydrogen) atoms. The normalized spacial score (nSPS) is 21.6. The molecule has 2 rings (SSSR count). The van der Waals surface area contributed by atoms with E-state index in [1.807, 2.05) is 0 Å². The molecule has 1 aliphatic heterocycles. The number of carbonyl (C=O) groups excluding carboxylic acids is 2. The minimum atomic E-state index is -2.38. The summed E-state index contributed by atoms with van der Waals surface area (Å²) in [6.07, 6.45) is -0.851. The average Bonchev–Trinajstić information content (AvgIpc) is 2.97. The number of hydrogen-bond donors (Lipinski definition) is 3. The van der Waals surface area contributed by atoms with E-state index in [4.69, 9.17) is 25.7 Å². The van der Waals surface area contributed by atoms with Crippen LogP contribution in [-0.2, 0) is 29.5 Å². The fourth-order valence-corrected chi connectivity index (χ4v) is 2.58. The first-order chi connectivity index (χ1) is 14.4. The van der Waals surface area contributed by atoms with E-state index in [1.165, 1.54) is 6.07 Å². The predicted molar refractivity (Wildman–Crippen MR) is 105 cm³/mol. The summed E-state index contributed by atoms with van der Waals surface area (Å²) in [6.45, 7) is 6.01. The van der Waals surface area contributed by atoms with Crippen molar-refractivity contribution >= 4 is 17.8 Å². The van der Waals surface area contributed by atoms with Gasteiger partial charge in [-0.05, 0) is 12.0 Å². The monoisotopic (exact) mass is 435 g/mol. The number of nitrogens with zero attached hydrogens (tertiary/aromatic N) is 3. The summed E-state index contributed by atoms with van der Waals surface area (Å²) < 4.78 is 16.6. The molecule has 3 atom stereocenters. The van der Waals surface area contributed by atoms with E-state index in [0.717, 1.165) is 6.20 Å². The van der Waals surface area contributed by atoms with Gasteiger partial charge in [0.25, 0.3) is 0 Å². The SMILES string of the molecule is CC(C)C(=O)OCC1=C(OC(=O)[C@@H](N)C(C)C)C(O)[C@](C#N)(n2ccc(N)nc2=O)O1. The number of ether oxygens (including phenoxy) is 3. The van der Waals surface area contributed by atoms with Gasteiger partial charge in [-0.15, -0.1) is 0 Å². The van der Waals surface area contributed by atoms with E-state index in [2.05, 4.69) is 4.98 Å². The lowest BCUT2D eigenvalue weighted by atomic mass is 10.1. The molecule has 0 saturated heterocycles. The van der Waals surface area contributed by atoms with Crippen LogP contribution in [0.1, 0.15) is 27.7 Å². The van der Waals surface area contributed by atoms with Crippen LogP contribution in [0, 0.1) is 23.2 Å². The van der Waals surface area contributed by atoms with Crippen LogP contribution in [0.2, 0.25) is 0 Å². The van der Waals surface area contributed by atoms with Crippen LogP contribution in [0.15, 0.2) is 28.6 Å². The Balaban J connectivity index is 2.49. The highest BCUT2D eigenvalue weighted by atomic mass is 16.6. The van der Waals surface area contributed by atoms with Crippen LogP contribution in [0.3, 0.4) is 0 Å². The second-order valence-electron chi connectivity index (χ2n) is 7.56. The molecule has 0 radical (unpaired) electrons. The lowest BCUT2D eigenvalue weighted by Gasteiger charge is -2.27. The Morgan fingerprint density at radius 3 is 2.55 bits per heavy atom. The number of aliphatic hydroxyl groups is 1. The minimum absolute atomic E-state index is 0.115. The molecule has 1 aromatic heterocycles. The molecule has 1 unspecified atom stereocenters. The van der Waals surface area contributed by atoms with Crippen molar-refractivity contribution in [1.29, 1.82) is 5.26 Å². The van der Waals surface area contributed by atoms with Crippen LogP contribution >= 0.6 is 0 Å². The molecule has 0 saturated carbocycles. The third-order valence-electron chi connectivity index (χ3n) is 4.53. The van der Waals surface area contributed by atoms with Gasteiger partial charge in [0, 0.05) is 6.20 Å². The van der Waals surface area contributed by atoms with Crippen LogP contribution in [0.4, 0.5) is 5.82 Å². The van der Waals surface area contributed by atoms with E-state index in [0.29, 0.717) is 4.57 Å². The van der Waals surface area contributed by atoms with Crippen LogP contribution < -0.4 is 17.2 Å². The summed E-state index contributed by atoms with van der Waals surface area (Å²) in [7, 11) is 0. The zero-order valence-corrected chi connectivity index (χ0v) is 17.6. The second kappa shape index (κ2) is 9.15. The van der Waals surface area contributed by atoms with Gasteiger partial charge in [0.15, 0.2) is 24.2 Å². The summed E-state index contributed by atoms with van der Waals surface area (Å²) >= 11 is 0. The van der Waals surface area contributed by atoms with Gasteiger partial charge in [-0.1, -0.05) is 27.7 Å². The topological polar surface area (TPSA) is 193 Å². The zero-order valence-electron chi connectivity index (χ0n) is 17.6. The molecule has 12 heteroatoms. The number of aromatic nitrogens is 2. The molecular weight excluding hydrogens is 410 g/mol. The largest absolute Gasteiger partial charge is 0.457 e. The first-order valence-electron chi connectivity index (χ1n) is 9.45. The van der Waals surface area contributed by atoms with Crippen molar-refractivity contribution in [2.75, 3.05) is 12.3 Å². The standard InChI is InChI=1S/C19H25N5O7/c1-9(2)13(22)17(27)30-14-11(7-29-16(26)10(3)4)31-19(8-20,15(14)25)24-6-5-12(21)23-18(24)28/h5-6,9-10,13,15,25H,7,22H2,1-4H3,(H2,21,23,28)/t13-,15?,19+/m0/s1. The number of carbonyl (C=O) groups is 2. The molecule has 0 aliphatic carbocycles. The van der Waals surface area contributed by atoms with Crippen molar-refractivity contribution in [3.63, 3.8) is 0 Å². The van der Waals surface area contributed by atoms with Crippen molar-refractivity contribution in [2.24, 2.45) is 17.6 Å². The van der Waals surface area contributed by atoms with Gasteiger partial charge < -0.3 is 30.8 Å². The first-order valence-corrected chi connectivity index (χ1v) is 9.45. The molecule has 1 aromatic rings. The fourth-order valence-electron chi connectivity index (χ4n) is 2.58. The maximum Gasteiger partial charge on any atom is 0.353 e. The summed E-state index contributed by atoms with van der Waals surface area (Å²) in [5.41, 5.74) is 7.89. The predicted octanol–water partition coefficient (Wildman–Crippen LogP) is -0.670. The molecule has 12 nitrogen and oxygen atoms in total. The number of rotatable bonds is 7. The number of esters is 2. The Kier molecular flexibility index (Phi) is 7.04. The van der Waals surface area contributed by atoms with Gasteiger partial charge in [-0.3, -0.25) is 4.79 Å². The Morgan fingerprint density at radius 2 is 2.03 bits per heavy atom. The number of anilines is 1. The Morgan fingerprint density at radius 1 is 1.39 bits per heavy atom. The van der Waals surface area contributed by atoms with E-state index in [9.17, 15) is 24.8 Å². The Bertz CT molecular complexity index is 994. The lowest BCUT2D eigenvalue weighted by Crippen LogP contribution is -2.49. The summed E-state index contributed by atoms with van der Waals surface area (Å²) in [5.74, 6) is -3.21. The minimum Gasteiger partial charge on any atom is -0.457 e. The third kappa shape index (κ3) is 4.68. The van der Waals surface area contributed by atoms with Crippen molar-refractivity contribution < 1.29 is 28.9 Å². The average molecular weight is 435 g/mol. The number of aliphatic hydroxyl groups excluding tert-OH is 1. The molecule has 0 bridgehead atoms. The first kappa shape index (κ1) is 23.8. The van der Waals surface area contributed by atoms with Crippen LogP contribution in [0.25, 0.3) is 0 Å². The highest BCUT2D eigenvalue weighted by Gasteiger charge is 2.55. The summed E-state index contributed by atoms with van der Waals surface area (Å²) in [5, 5.41) is 20.7. The molecule has 5 N–H and O–H groups in total. The van der Waals surface area contributed by atoms with Crippen LogP contribution in [-0.4, -0.2) is 45.3 Å². The molecule has 0 amide bonds. The second-order valence-corrected chi connectivity index (χ2v) is 7.56. The molecule has 0 fully saturated rings. The van der Waals surface area contributed by atoms with E-state index in [1.54, 1.807) is 33.8 Å². The Hall–Kier alpha value is -3.43. The highest BCUT2D eigenvalue weighted by molar-refractivity contribution is 5.77. The maximum atomic E-state index is 12.4. The lowest BCUT2D eigenvalue weighted by molar-refractivity contribution is -0.148. The van der Waals surface area contributed by atoms with E-state index >= 15 is 0 Å². The molecule has 0 aromatic carbocycles. The van der Waals surface area contributed by atoms with Gasteiger partial charge in [0.05, 0.1) is 5.92 Å².